The van der Waals surface area contributed by atoms with Crippen molar-refractivity contribution in [3.8, 4) is 6.07 Å². The number of rotatable bonds is 2. The van der Waals surface area contributed by atoms with Crippen LogP contribution in [0, 0.1) is 11.3 Å². The number of esters is 1. The number of imide groups is 1. The fraction of sp³-hybridized carbons (Fsp3) is 0.0769. The summed E-state index contributed by atoms with van der Waals surface area (Å²) in [6.07, 6.45) is 0. The highest BCUT2D eigenvalue weighted by Gasteiger charge is 2.39. The highest BCUT2D eigenvalue weighted by Crippen LogP contribution is 2.29. The van der Waals surface area contributed by atoms with E-state index < -0.39 is 29.2 Å². The first-order valence-corrected chi connectivity index (χ1v) is 6.49. The number of amides is 3. The fourth-order valence-electron chi connectivity index (χ4n) is 1.80. The van der Waals surface area contributed by atoms with Crippen LogP contribution in [0.3, 0.4) is 0 Å². The molecule has 0 aliphatic carbocycles. The Morgan fingerprint density at radius 2 is 1.86 bits per heavy atom. The molecule has 1 aliphatic rings. The molecule has 1 N–H and O–H groups in total. The fourth-order valence-corrected chi connectivity index (χ4v) is 2.31. The molecular weight excluding hydrogens is 333 g/mol. The number of anilines is 1. The molecule has 7 nitrogen and oxygen atoms in total. The Hall–Kier alpha value is -2.56. The first-order chi connectivity index (χ1) is 10.4. The number of nitriles is 1. The van der Waals surface area contributed by atoms with E-state index in [0.717, 1.165) is 7.11 Å². The van der Waals surface area contributed by atoms with Gasteiger partial charge in [-0.1, -0.05) is 23.2 Å². The summed E-state index contributed by atoms with van der Waals surface area (Å²) in [6.45, 7) is 0. The summed E-state index contributed by atoms with van der Waals surface area (Å²) in [6, 6.07) is 4.81. The second-order valence-corrected chi connectivity index (χ2v) is 4.92. The minimum atomic E-state index is -1.03. The van der Waals surface area contributed by atoms with Crippen molar-refractivity contribution < 1.29 is 19.1 Å². The third-order valence-corrected chi connectivity index (χ3v) is 3.15. The van der Waals surface area contributed by atoms with Gasteiger partial charge in [-0.05, 0) is 18.2 Å². The zero-order valence-corrected chi connectivity index (χ0v) is 12.5. The minimum Gasteiger partial charge on any atom is -0.465 e. The van der Waals surface area contributed by atoms with Gasteiger partial charge >= 0.3 is 12.0 Å². The monoisotopic (exact) mass is 339 g/mol. The number of hydrogen-bond donors (Lipinski definition) is 1. The van der Waals surface area contributed by atoms with Gasteiger partial charge in [-0.2, -0.15) is 5.26 Å². The van der Waals surface area contributed by atoms with Crippen LogP contribution in [0.25, 0.3) is 0 Å². The van der Waals surface area contributed by atoms with Gasteiger partial charge in [0.1, 0.15) is 11.8 Å². The number of ether oxygens (including phenoxy) is 1. The van der Waals surface area contributed by atoms with Gasteiger partial charge in [0.2, 0.25) is 0 Å². The number of nitrogens with one attached hydrogen (secondary N) is 1. The van der Waals surface area contributed by atoms with Crippen LogP contribution in [0.2, 0.25) is 10.0 Å². The van der Waals surface area contributed by atoms with Crippen molar-refractivity contribution in [3.63, 3.8) is 0 Å². The van der Waals surface area contributed by atoms with Crippen molar-refractivity contribution in [2.75, 3.05) is 12.0 Å². The van der Waals surface area contributed by atoms with Gasteiger partial charge in [-0.3, -0.25) is 4.79 Å². The SMILES string of the molecule is COC(=O)C(C#N)=C1NC(=O)N(c2cc(Cl)cc(Cl)c2)C1=O. The van der Waals surface area contributed by atoms with E-state index in [2.05, 4.69) is 10.1 Å². The maximum absolute atomic E-state index is 12.3. The van der Waals surface area contributed by atoms with Crippen LogP contribution < -0.4 is 10.2 Å². The molecule has 22 heavy (non-hydrogen) atoms. The van der Waals surface area contributed by atoms with Crippen LogP contribution in [0.15, 0.2) is 29.5 Å². The molecule has 0 bridgehead atoms. The first kappa shape index (κ1) is 15.8. The van der Waals surface area contributed by atoms with E-state index in [-0.39, 0.29) is 15.7 Å². The molecule has 3 amide bonds. The molecule has 0 spiro atoms. The summed E-state index contributed by atoms with van der Waals surface area (Å²) in [5.74, 6) is -1.91. The molecule has 0 saturated carbocycles. The molecule has 1 aliphatic heterocycles. The molecule has 1 aromatic carbocycles. The zero-order chi connectivity index (χ0) is 16.4. The van der Waals surface area contributed by atoms with Crippen molar-refractivity contribution >= 4 is 46.8 Å². The van der Waals surface area contributed by atoms with Gasteiger partial charge in [0.05, 0.1) is 12.8 Å². The number of halogens is 2. The van der Waals surface area contributed by atoms with Crippen LogP contribution in [0.4, 0.5) is 10.5 Å². The predicted molar refractivity (Wildman–Crippen MR) is 77.1 cm³/mol. The smallest absolute Gasteiger partial charge is 0.350 e. The lowest BCUT2D eigenvalue weighted by molar-refractivity contribution is -0.136. The van der Waals surface area contributed by atoms with E-state index in [1.54, 1.807) is 0 Å². The zero-order valence-electron chi connectivity index (χ0n) is 11.0. The van der Waals surface area contributed by atoms with E-state index in [9.17, 15) is 14.4 Å². The van der Waals surface area contributed by atoms with Gasteiger partial charge in [0, 0.05) is 10.0 Å². The van der Waals surface area contributed by atoms with E-state index >= 15 is 0 Å². The molecule has 1 fully saturated rings. The number of methoxy groups -OCH3 is 1. The third-order valence-electron chi connectivity index (χ3n) is 2.71. The Morgan fingerprint density at radius 3 is 2.36 bits per heavy atom. The van der Waals surface area contributed by atoms with E-state index in [1.165, 1.54) is 24.3 Å². The molecule has 0 atom stereocenters. The van der Waals surface area contributed by atoms with Gasteiger partial charge in [0.25, 0.3) is 5.91 Å². The lowest BCUT2D eigenvalue weighted by Crippen LogP contribution is -2.30. The molecule has 9 heteroatoms. The maximum atomic E-state index is 12.3. The first-order valence-electron chi connectivity index (χ1n) is 5.73. The van der Waals surface area contributed by atoms with Gasteiger partial charge < -0.3 is 10.1 Å². The summed E-state index contributed by atoms with van der Waals surface area (Å²) < 4.78 is 4.39. The van der Waals surface area contributed by atoms with Crippen molar-refractivity contribution in [1.29, 1.82) is 5.26 Å². The Labute approximate surface area is 134 Å². The van der Waals surface area contributed by atoms with Crippen molar-refractivity contribution in [2.24, 2.45) is 0 Å². The number of carbonyl (C=O) groups excluding carboxylic acids is 3. The van der Waals surface area contributed by atoms with Crippen LogP contribution in [-0.4, -0.2) is 25.0 Å². The van der Waals surface area contributed by atoms with Crippen molar-refractivity contribution in [1.82, 2.24) is 5.32 Å². The standard InChI is InChI=1S/C13H7Cl2N3O4/c1-22-12(20)9(5-16)10-11(19)18(13(21)17-10)8-3-6(14)2-7(15)4-8/h2-4H,1H3,(H,17,21). The molecule has 0 unspecified atom stereocenters. The van der Waals surface area contributed by atoms with E-state index in [4.69, 9.17) is 28.5 Å². The molecule has 1 aromatic rings. The van der Waals surface area contributed by atoms with Crippen LogP contribution >= 0.6 is 23.2 Å². The summed E-state index contributed by atoms with van der Waals surface area (Å²) in [7, 11) is 1.05. The summed E-state index contributed by atoms with van der Waals surface area (Å²) >= 11 is 11.7. The molecule has 112 valence electrons. The number of carbonyl (C=O) groups is 3. The Morgan fingerprint density at radius 1 is 1.27 bits per heavy atom. The quantitative estimate of drug-likeness (QED) is 0.384. The molecule has 0 aromatic heterocycles. The molecule has 2 rings (SSSR count). The maximum Gasteiger partial charge on any atom is 0.350 e. The van der Waals surface area contributed by atoms with Crippen LogP contribution in [-0.2, 0) is 14.3 Å². The second kappa shape index (κ2) is 6.05. The van der Waals surface area contributed by atoms with Crippen molar-refractivity contribution in [3.05, 3.63) is 39.5 Å². The average molecular weight is 340 g/mol. The van der Waals surface area contributed by atoms with Crippen molar-refractivity contribution in [2.45, 2.75) is 0 Å². The van der Waals surface area contributed by atoms with E-state index in [0.29, 0.717) is 4.90 Å². The average Bonchev–Trinajstić information content (AvgIpc) is 2.73. The topological polar surface area (TPSA) is 99.5 Å². The molecule has 1 saturated heterocycles. The minimum absolute atomic E-state index is 0.108. The summed E-state index contributed by atoms with van der Waals surface area (Å²) in [4.78, 5) is 36.4. The van der Waals surface area contributed by atoms with Gasteiger partial charge in [-0.15, -0.1) is 0 Å². The summed E-state index contributed by atoms with van der Waals surface area (Å²) in [5, 5.41) is 11.6. The third kappa shape index (κ3) is 2.74. The van der Waals surface area contributed by atoms with Crippen LogP contribution in [0.5, 0.6) is 0 Å². The van der Waals surface area contributed by atoms with Gasteiger partial charge in [-0.25, -0.2) is 14.5 Å². The number of urea groups is 1. The lowest BCUT2D eigenvalue weighted by atomic mass is 10.2. The number of hydrogen-bond acceptors (Lipinski definition) is 5. The summed E-state index contributed by atoms with van der Waals surface area (Å²) in [5.41, 5.74) is -0.955. The Kier molecular flexibility index (Phi) is 4.35. The second-order valence-electron chi connectivity index (χ2n) is 4.05. The highest BCUT2D eigenvalue weighted by atomic mass is 35.5. The molecule has 1 heterocycles. The largest absolute Gasteiger partial charge is 0.465 e. The molecule has 0 radical (unpaired) electrons. The highest BCUT2D eigenvalue weighted by molar-refractivity contribution is 6.36. The normalized spacial score (nSPS) is 16.2. The number of benzene rings is 1. The Balaban J connectivity index is 2.52. The Bertz CT molecular complexity index is 747. The predicted octanol–water partition coefficient (Wildman–Crippen LogP) is 2.00. The van der Waals surface area contributed by atoms with Crippen LogP contribution in [0.1, 0.15) is 0 Å². The van der Waals surface area contributed by atoms with Gasteiger partial charge in [0.15, 0.2) is 5.57 Å². The molecular formula is C13H7Cl2N3O4. The lowest BCUT2D eigenvalue weighted by Gasteiger charge is -2.12. The number of nitrogens with zero attached hydrogens (tertiary/aromatic N) is 2. The van der Waals surface area contributed by atoms with E-state index in [1.807, 2.05) is 0 Å².